The van der Waals surface area contributed by atoms with Gasteiger partial charge in [0.1, 0.15) is 12.4 Å². The second-order valence-corrected chi connectivity index (χ2v) is 3.15. The monoisotopic (exact) mass is 220 g/mol. The third kappa shape index (κ3) is 4.14. The predicted octanol–water partition coefficient (Wildman–Crippen LogP) is 1.54. The molecule has 1 aromatic carbocycles. The zero-order valence-corrected chi connectivity index (χ0v) is 9.27. The van der Waals surface area contributed by atoms with Gasteiger partial charge in [-0.05, 0) is 25.1 Å². The molecule has 0 bridgehead atoms. The lowest BCUT2D eigenvalue weighted by molar-refractivity contribution is -0.111. The van der Waals surface area contributed by atoms with Crippen molar-refractivity contribution in [3.8, 4) is 5.75 Å². The molecule has 1 aromatic rings. The number of carbonyl (C=O) groups is 1. The lowest BCUT2D eigenvalue weighted by atomic mass is 10.3. The van der Waals surface area contributed by atoms with Crippen molar-refractivity contribution in [1.82, 2.24) is 0 Å². The molecule has 16 heavy (non-hydrogen) atoms. The highest BCUT2D eigenvalue weighted by atomic mass is 16.5. The van der Waals surface area contributed by atoms with Crippen molar-refractivity contribution in [1.29, 1.82) is 0 Å². The molecule has 0 radical (unpaired) electrons. The molecule has 0 aliphatic rings. The molecule has 0 aliphatic heterocycles. The van der Waals surface area contributed by atoms with E-state index in [1.54, 1.807) is 25.1 Å². The van der Waals surface area contributed by atoms with E-state index < -0.39 is 0 Å². The number of ether oxygens (including phenoxy) is 1. The Morgan fingerprint density at radius 3 is 3.06 bits per heavy atom. The van der Waals surface area contributed by atoms with E-state index in [9.17, 15) is 4.79 Å². The summed E-state index contributed by atoms with van der Waals surface area (Å²) in [5.41, 5.74) is 6.04. The number of hydrogen-bond acceptors (Lipinski definition) is 3. The summed E-state index contributed by atoms with van der Waals surface area (Å²) >= 11 is 0. The van der Waals surface area contributed by atoms with Gasteiger partial charge in [0.25, 0.3) is 0 Å². The van der Waals surface area contributed by atoms with E-state index in [0.717, 1.165) is 0 Å². The number of allylic oxidation sites excluding steroid dienone is 1. The van der Waals surface area contributed by atoms with E-state index >= 15 is 0 Å². The number of carbonyl (C=O) groups excluding carboxylic acids is 1. The Morgan fingerprint density at radius 1 is 1.56 bits per heavy atom. The molecule has 0 atom stereocenters. The van der Waals surface area contributed by atoms with Crippen LogP contribution in [0.3, 0.4) is 0 Å². The average molecular weight is 220 g/mol. The summed E-state index contributed by atoms with van der Waals surface area (Å²) in [5, 5.41) is 2.72. The third-order valence-electron chi connectivity index (χ3n) is 1.81. The van der Waals surface area contributed by atoms with Crippen LogP contribution in [0.15, 0.2) is 36.4 Å². The largest absolute Gasteiger partial charge is 0.492 e. The number of amides is 1. The van der Waals surface area contributed by atoms with Crippen LogP contribution in [0.25, 0.3) is 0 Å². The fraction of sp³-hybridized carbons (Fsp3) is 0.250. The van der Waals surface area contributed by atoms with Crippen LogP contribution in [0.2, 0.25) is 0 Å². The highest BCUT2D eigenvalue weighted by molar-refractivity contribution is 5.99. The van der Waals surface area contributed by atoms with Crippen molar-refractivity contribution in [2.24, 2.45) is 5.73 Å². The Kier molecular flexibility index (Phi) is 5.08. The molecule has 0 heterocycles. The molecule has 1 rings (SSSR count). The first kappa shape index (κ1) is 12.3. The molecule has 0 aromatic heterocycles. The number of nitrogens with two attached hydrogens (primary N) is 1. The maximum Gasteiger partial charge on any atom is 0.248 e. The van der Waals surface area contributed by atoms with Crippen molar-refractivity contribution in [3.05, 3.63) is 36.4 Å². The summed E-state index contributed by atoms with van der Waals surface area (Å²) in [4.78, 5) is 11.3. The van der Waals surface area contributed by atoms with Gasteiger partial charge in [0, 0.05) is 18.3 Å². The van der Waals surface area contributed by atoms with Crippen molar-refractivity contribution in [2.45, 2.75) is 6.92 Å². The molecule has 0 spiro atoms. The smallest absolute Gasteiger partial charge is 0.248 e. The first-order chi connectivity index (χ1) is 7.76. The fourth-order valence-electron chi connectivity index (χ4n) is 1.18. The van der Waals surface area contributed by atoms with Crippen LogP contribution in [0, 0.1) is 0 Å². The van der Waals surface area contributed by atoms with Crippen molar-refractivity contribution in [2.75, 3.05) is 18.5 Å². The van der Waals surface area contributed by atoms with Crippen LogP contribution >= 0.6 is 0 Å². The maximum absolute atomic E-state index is 11.3. The number of hydrogen-bond donors (Lipinski definition) is 2. The van der Waals surface area contributed by atoms with E-state index in [0.29, 0.717) is 24.6 Å². The molecule has 4 nitrogen and oxygen atoms in total. The molecule has 86 valence electrons. The maximum atomic E-state index is 11.3. The first-order valence-corrected chi connectivity index (χ1v) is 5.13. The minimum atomic E-state index is -0.154. The summed E-state index contributed by atoms with van der Waals surface area (Å²) in [6, 6.07) is 7.20. The topological polar surface area (TPSA) is 64.3 Å². The summed E-state index contributed by atoms with van der Waals surface area (Å²) in [7, 11) is 0. The van der Waals surface area contributed by atoms with Gasteiger partial charge in [0.15, 0.2) is 0 Å². The molecule has 0 saturated heterocycles. The number of nitrogens with one attached hydrogen (secondary N) is 1. The van der Waals surface area contributed by atoms with E-state index in [-0.39, 0.29) is 5.91 Å². The van der Waals surface area contributed by atoms with Gasteiger partial charge in [0.05, 0.1) is 0 Å². The number of benzene rings is 1. The van der Waals surface area contributed by atoms with Gasteiger partial charge in [-0.2, -0.15) is 0 Å². The van der Waals surface area contributed by atoms with Gasteiger partial charge in [-0.1, -0.05) is 12.1 Å². The standard InChI is InChI=1S/C12H16N2O2/c1-2-4-12(15)14-10-5-3-6-11(9-10)16-8-7-13/h2-6,9H,7-8,13H2,1H3,(H,14,15). The van der Waals surface area contributed by atoms with Gasteiger partial charge in [-0.3, -0.25) is 4.79 Å². The van der Waals surface area contributed by atoms with Gasteiger partial charge < -0.3 is 15.8 Å². The van der Waals surface area contributed by atoms with Crippen LogP contribution in [-0.2, 0) is 4.79 Å². The average Bonchev–Trinajstić information content (AvgIpc) is 2.27. The van der Waals surface area contributed by atoms with Crippen molar-refractivity contribution >= 4 is 11.6 Å². The van der Waals surface area contributed by atoms with E-state index in [2.05, 4.69) is 5.32 Å². The highest BCUT2D eigenvalue weighted by Gasteiger charge is 1.99. The Labute approximate surface area is 95.1 Å². The Hall–Kier alpha value is -1.81. The molecule has 0 aliphatic carbocycles. The quantitative estimate of drug-likeness (QED) is 0.740. The van der Waals surface area contributed by atoms with Crippen molar-refractivity contribution in [3.63, 3.8) is 0 Å². The second-order valence-electron chi connectivity index (χ2n) is 3.15. The molecule has 0 fully saturated rings. The summed E-state index contributed by atoms with van der Waals surface area (Å²) in [5.74, 6) is 0.544. The van der Waals surface area contributed by atoms with E-state index in [1.165, 1.54) is 6.08 Å². The molecular weight excluding hydrogens is 204 g/mol. The third-order valence-corrected chi connectivity index (χ3v) is 1.81. The van der Waals surface area contributed by atoms with Gasteiger partial charge in [-0.15, -0.1) is 0 Å². The van der Waals surface area contributed by atoms with Gasteiger partial charge >= 0.3 is 0 Å². The Morgan fingerprint density at radius 2 is 2.38 bits per heavy atom. The summed E-state index contributed by atoms with van der Waals surface area (Å²) in [6.45, 7) is 2.72. The Bertz CT molecular complexity index is 375. The Balaban J connectivity index is 2.63. The second kappa shape index (κ2) is 6.63. The molecule has 3 N–H and O–H groups in total. The molecule has 4 heteroatoms. The lowest BCUT2D eigenvalue weighted by Gasteiger charge is -2.07. The first-order valence-electron chi connectivity index (χ1n) is 5.13. The van der Waals surface area contributed by atoms with Gasteiger partial charge in [-0.25, -0.2) is 0 Å². The lowest BCUT2D eigenvalue weighted by Crippen LogP contribution is -2.11. The van der Waals surface area contributed by atoms with Crippen LogP contribution in [-0.4, -0.2) is 19.1 Å². The predicted molar refractivity (Wildman–Crippen MR) is 64.4 cm³/mol. The molecule has 0 unspecified atom stereocenters. The number of anilines is 1. The highest BCUT2D eigenvalue weighted by Crippen LogP contribution is 2.17. The molecular formula is C12H16N2O2. The molecule has 1 amide bonds. The summed E-state index contributed by atoms with van der Waals surface area (Å²) in [6.07, 6.45) is 3.15. The SMILES string of the molecule is CC=CC(=O)Nc1cccc(OCCN)c1. The zero-order chi connectivity index (χ0) is 11.8. The molecule has 0 saturated carbocycles. The summed E-state index contributed by atoms with van der Waals surface area (Å²) < 4.78 is 5.34. The van der Waals surface area contributed by atoms with Crippen LogP contribution in [0.1, 0.15) is 6.92 Å². The minimum absolute atomic E-state index is 0.154. The van der Waals surface area contributed by atoms with Gasteiger partial charge in [0.2, 0.25) is 5.91 Å². The van der Waals surface area contributed by atoms with E-state index in [4.69, 9.17) is 10.5 Å². The normalized spacial score (nSPS) is 10.4. The minimum Gasteiger partial charge on any atom is -0.492 e. The van der Waals surface area contributed by atoms with E-state index in [1.807, 2.05) is 12.1 Å². The van der Waals surface area contributed by atoms with Crippen LogP contribution in [0.5, 0.6) is 5.75 Å². The van der Waals surface area contributed by atoms with Crippen LogP contribution in [0.4, 0.5) is 5.69 Å². The fourth-order valence-corrected chi connectivity index (χ4v) is 1.18. The zero-order valence-electron chi connectivity index (χ0n) is 9.27. The van der Waals surface area contributed by atoms with Crippen LogP contribution < -0.4 is 15.8 Å². The van der Waals surface area contributed by atoms with Crippen molar-refractivity contribution < 1.29 is 9.53 Å². The number of rotatable bonds is 5.